The van der Waals surface area contributed by atoms with E-state index < -0.39 is 11.6 Å². The van der Waals surface area contributed by atoms with Crippen LogP contribution in [0.1, 0.15) is 37.5 Å². The summed E-state index contributed by atoms with van der Waals surface area (Å²) >= 11 is 1.58. The molecular formula is C20H21N3O2S. The Hall–Kier alpha value is -2.47. The highest BCUT2D eigenvalue weighted by Crippen LogP contribution is 2.36. The van der Waals surface area contributed by atoms with Gasteiger partial charge in [-0.05, 0) is 49.3 Å². The van der Waals surface area contributed by atoms with E-state index >= 15 is 0 Å². The fraction of sp³-hybridized carbons (Fsp3) is 0.350. The highest BCUT2D eigenvalue weighted by Gasteiger charge is 2.52. The maximum atomic E-state index is 12.8. The number of hydrogen-bond acceptors (Lipinski definition) is 4. The van der Waals surface area contributed by atoms with Crippen LogP contribution in [0.2, 0.25) is 0 Å². The maximum absolute atomic E-state index is 12.8. The van der Waals surface area contributed by atoms with Crippen LogP contribution in [0.15, 0.2) is 47.6 Å². The van der Waals surface area contributed by atoms with Gasteiger partial charge in [0.25, 0.3) is 5.91 Å². The molecule has 6 heteroatoms. The number of nitrogens with one attached hydrogen (secondary N) is 1. The number of carbonyl (C=O) groups is 2. The Morgan fingerprint density at radius 2 is 1.88 bits per heavy atom. The van der Waals surface area contributed by atoms with Gasteiger partial charge in [0.1, 0.15) is 5.54 Å². The Morgan fingerprint density at radius 1 is 1.15 bits per heavy atom. The molecule has 0 bridgehead atoms. The Morgan fingerprint density at radius 3 is 2.62 bits per heavy atom. The molecule has 0 radical (unpaired) electrons. The van der Waals surface area contributed by atoms with E-state index in [4.69, 9.17) is 0 Å². The first-order valence-corrected chi connectivity index (χ1v) is 9.75. The van der Waals surface area contributed by atoms with Crippen molar-refractivity contribution in [2.75, 3.05) is 0 Å². The van der Waals surface area contributed by atoms with Crippen molar-refractivity contribution in [1.82, 2.24) is 10.3 Å². The molecule has 1 aliphatic carbocycles. The molecule has 2 fully saturated rings. The van der Waals surface area contributed by atoms with Crippen LogP contribution in [0.4, 0.5) is 4.79 Å². The summed E-state index contributed by atoms with van der Waals surface area (Å²) in [6, 6.07) is 13.7. The molecule has 1 aromatic heterocycles. The van der Waals surface area contributed by atoms with Crippen molar-refractivity contribution in [3.63, 3.8) is 0 Å². The van der Waals surface area contributed by atoms with Gasteiger partial charge in [0.15, 0.2) is 0 Å². The molecule has 1 aliphatic heterocycles. The standard InChI is InChI=1S/C20H21N3O2S/c1-14-9-11-20(12-10-14)18(24)23(19(25)22-20)21-13-16-7-8-17(26-16)15-5-3-2-4-6-15/h2-8,13-14H,9-12H2,1H3,(H,22,25)/b21-13-. The zero-order chi connectivity index (χ0) is 18.1. The molecule has 1 spiro atoms. The number of urea groups is 1. The lowest BCUT2D eigenvalue weighted by atomic mass is 9.77. The lowest BCUT2D eigenvalue weighted by Crippen LogP contribution is -2.49. The first-order valence-electron chi connectivity index (χ1n) is 8.93. The normalized spacial score (nSPS) is 26.0. The topological polar surface area (TPSA) is 61.8 Å². The summed E-state index contributed by atoms with van der Waals surface area (Å²) in [6.45, 7) is 2.19. The van der Waals surface area contributed by atoms with Crippen LogP contribution < -0.4 is 5.32 Å². The molecule has 1 saturated carbocycles. The molecule has 0 unspecified atom stereocenters. The quantitative estimate of drug-likeness (QED) is 0.651. The van der Waals surface area contributed by atoms with Crippen LogP contribution in [0.5, 0.6) is 0 Å². The van der Waals surface area contributed by atoms with E-state index in [2.05, 4.69) is 29.5 Å². The van der Waals surface area contributed by atoms with E-state index in [1.165, 1.54) is 0 Å². The molecule has 2 aromatic rings. The van der Waals surface area contributed by atoms with Gasteiger partial charge in [-0.25, -0.2) is 4.79 Å². The van der Waals surface area contributed by atoms with Crippen LogP contribution in [0.3, 0.4) is 0 Å². The molecule has 1 saturated heterocycles. The molecule has 134 valence electrons. The summed E-state index contributed by atoms with van der Waals surface area (Å²) in [5, 5.41) is 8.07. The van der Waals surface area contributed by atoms with Crippen molar-refractivity contribution in [3.8, 4) is 10.4 Å². The number of hydrogen-bond donors (Lipinski definition) is 1. The van der Waals surface area contributed by atoms with E-state index in [1.54, 1.807) is 17.6 Å². The van der Waals surface area contributed by atoms with Gasteiger partial charge in [-0.1, -0.05) is 37.3 Å². The van der Waals surface area contributed by atoms with E-state index in [0.29, 0.717) is 18.8 Å². The Balaban J connectivity index is 1.50. The van der Waals surface area contributed by atoms with E-state index in [-0.39, 0.29) is 5.91 Å². The summed E-state index contributed by atoms with van der Waals surface area (Å²) in [5.74, 6) is 0.385. The van der Waals surface area contributed by atoms with Gasteiger partial charge >= 0.3 is 6.03 Å². The van der Waals surface area contributed by atoms with E-state index in [1.807, 2.05) is 30.3 Å². The third-order valence-electron chi connectivity index (χ3n) is 5.25. The van der Waals surface area contributed by atoms with Crippen LogP contribution in [0, 0.1) is 5.92 Å². The number of imide groups is 1. The van der Waals surface area contributed by atoms with Gasteiger partial charge in [0, 0.05) is 9.75 Å². The van der Waals surface area contributed by atoms with Gasteiger partial charge in [-0.3, -0.25) is 4.79 Å². The minimum Gasteiger partial charge on any atom is -0.321 e. The van der Waals surface area contributed by atoms with Crippen molar-refractivity contribution in [3.05, 3.63) is 47.3 Å². The number of benzene rings is 1. The number of thiophene rings is 1. The van der Waals surface area contributed by atoms with Crippen molar-refractivity contribution in [2.24, 2.45) is 11.0 Å². The summed E-state index contributed by atoms with van der Waals surface area (Å²) < 4.78 is 0. The Labute approximate surface area is 156 Å². The first-order chi connectivity index (χ1) is 12.6. The fourth-order valence-corrected chi connectivity index (χ4v) is 4.48. The van der Waals surface area contributed by atoms with Crippen LogP contribution in [0.25, 0.3) is 10.4 Å². The fourth-order valence-electron chi connectivity index (χ4n) is 3.60. The molecular weight excluding hydrogens is 346 g/mol. The number of amides is 3. The summed E-state index contributed by atoms with van der Waals surface area (Å²) in [6.07, 6.45) is 4.90. The lowest BCUT2D eigenvalue weighted by Gasteiger charge is -2.33. The van der Waals surface area contributed by atoms with Gasteiger partial charge in [-0.15, -0.1) is 16.3 Å². The SMILES string of the molecule is CC1CCC2(CC1)NC(=O)N(/N=C\c1ccc(-c3ccccc3)s1)C2=O. The average Bonchev–Trinajstić information content (AvgIpc) is 3.21. The Kier molecular flexibility index (Phi) is 4.36. The predicted molar refractivity (Wildman–Crippen MR) is 103 cm³/mol. The summed E-state index contributed by atoms with van der Waals surface area (Å²) in [4.78, 5) is 27.1. The van der Waals surface area contributed by atoms with Gasteiger partial charge < -0.3 is 5.32 Å². The van der Waals surface area contributed by atoms with Crippen LogP contribution >= 0.6 is 11.3 Å². The molecule has 5 nitrogen and oxygen atoms in total. The molecule has 1 aromatic carbocycles. The molecule has 26 heavy (non-hydrogen) atoms. The second-order valence-electron chi connectivity index (χ2n) is 7.12. The zero-order valence-electron chi connectivity index (χ0n) is 14.6. The van der Waals surface area contributed by atoms with Crippen molar-refractivity contribution < 1.29 is 9.59 Å². The van der Waals surface area contributed by atoms with E-state index in [9.17, 15) is 9.59 Å². The largest absolute Gasteiger partial charge is 0.346 e. The monoisotopic (exact) mass is 367 g/mol. The molecule has 2 aliphatic rings. The Bertz CT molecular complexity index is 851. The van der Waals surface area contributed by atoms with Crippen LogP contribution in [-0.2, 0) is 4.79 Å². The zero-order valence-corrected chi connectivity index (χ0v) is 15.5. The third kappa shape index (κ3) is 3.05. The maximum Gasteiger partial charge on any atom is 0.346 e. The summed E-state index contributed by atoms with van der Waals surface area (Å²) in [5.41, 5.74) is 0.397. The highest BCUT2D eigenvalue weighted by molar-refractivity contribution is 7.17. The minimum atomic E-state index is -0.744. The minimum absolute atomic E-state index is 0.217. The van der Waals surface area contributed by atoms with Gasteiger partial charge in [0.2, 0.25) is 0 Å². The van der Waals surface area contributed by atoms with Crippen molar-refractivity contribution in [1.29, 1.82) is 0 Å². The smallest absolute Gasteiger partial charge is 0.321 e. The lowest BCUT2D eigenvalue weighted by molar-refractivity contribution is -0.132. The third-order valence-corrected chi connectivity index (χ3v) is 6.32. The second-order valence-corrected chi connectivity index (χ2v) is 8.24. The highest BCUT2D eigenvalue weighted by atomic mass is 32.1. The molecule has 0 atom stereocenters. The number of rotatable bonds is 3. The molecule has 1 N–H and O–H groups in total. The number of nitrogens with zero attached hydrogens (tertiary/aromatic N) is 2. The van der Waals surface area contributed by atoms with Crippen LogP contribution in [-0.4, -0.2) is 28.7 Å². The second kappa shape index (κ2) is 6.68. The predicted octanol–water partition coefficient (Wildman–Crippen LogP) is 4.25. The van der Waals surface area contributed by atoms with E-state index in [0.717, 1.165) is 33.2 Å². The summed E-state index contributed by atoms with van der Waals surface area (Å²) in [7, 11) is 0. The van der Waals surface area contributed by atoms with Gasteiger partial charge in [0.05, 0.1) is 6.21 Å². The number of carbonyl (C=O) groups excluding carboxylic acids is 2. The first kappa shape index (κ1) is 17.0. The van der Waals surface area contributed by atoms with Gasteiger partial charge in [-0.2, -0.15) is 5.10 Å². The average molecular weight is 367 g/mol. The molecule has 3 amide bonds. The molecule has 4 rings (SSSR count). The number of hydrazone groups is 1. The van der Waals surface area contributed by atoms with Crippen molar-refractivity contribution in [2.45, 2.75) is 38.1 Å². The molecule has 2 heterocycles. The van der Waals surface area contributed by atoms with Crippen molar-refractivity contribution >= 4 is 29.5 Å².